The normalized spacial score (nSPS) is 12.6. The number of carboxylic acid groups (broad SMARTS) is 1. The summed E-state index contributed by atoms with van der Waals surface area (Å²) in [6.45, 7) is 4.06. The van der Waals surface area contributed by atoms with Crippen LogP contribution in [-0.2, 0) is 17.9 Å². The van der Waals surface area contributed by atoms with Gasteiger partial charge in [0.05, 0.1) is 36.5 Å². The number of carbonyl (C=O) groups is 2. The van der Waals surface area contributed by atoms with E-state index in [0.717, 1.165) is 5.56 Å². The Balaban J connectivity index is 1.77. The summed E-state index contributed by atoms with van der Waals surface area (Å²) in [5.41, 5.74) is 5.83. The molecule has 0 aliphatic carbocycles. The lowest BCUT2D eigenvalue weighted by Gasteiger charge is -2.25. The number of carboxylic acids is 1. The number of aliphatic hydroxyl groups is 3. The molecule has 0 fully saturated rings. The van der Waals surface area contributed by atoms with Crippen LogP contribution in [0.4, 0.5) is 15.8 Å². The summed E-state index contributed by atoms with van der Waals surface area (Å²) in [6.07, 6.45) is -2.69. The quantitative estimate of drug-likeness (QED) is 0.0974. The monoisotopic (exact) mass is 664 g/mol. The fourth-order valence-corrected chi connectivity index (χ4v) is 6.30. The maximum atomic E-state index is 15.3. The number of hydrogen-bond donors (Lipinski definition) is 4. The number of benzene rings is 4. The van der Waals surface area contributed by atoms with Crippen LogP contribution in [0.3, 0.4) is 0 Å². The number of aliphatic carboxylic acids is 1. The number of carbonyl (C=O) groups excluding carboxylic acids is 1. The summed E-state index contributed by atoms with van der Waals surface area (Å²) in [7, 11) is 0. The molecule has 8 nitrogen and oxygen atoms in total. The summed E-state index contributed by atoms with van der Waals surface area (Å²) in [5.74, 6) is -2.06. The Morgan fingerprint density at radius 2 is 1.37 bits per heavy atom. The second kappa shape index (κ2) is 15.9. The molecular formula is C40H41FN2O6. The highest BCUT2D eigenvalue weighted by atomic mass is 19.1. The molecule has 0 saturated heterocycles. The van der Waals surface area contributed by atoms with Crippen molar-refractivity contribution in [2.45, 2.75) is 64.4 Å². The first-order valence-corrected chi connectivity index (χ1v) is 16.3. The minimum absolute atomic E-state index is 0.126. The first kappa shape index (κ1) is 35.2. The van der Waals surface area contributed by atoms with Crippen molar-refractivity contribution in [3.8, 4) is 22.4 Å². The first-order valence-electron chi connectivity index (χ1n) is 16.3. The van der Waals surface area contributed by atoms with Crippen LogP contribution in [0, 0.1) is 5.82 Å². The molecule has 5 rings (SSSR count). The van der Waals surface area contributed by atoms with Gasteiger partial charge in [-0.2, -0.15) is 0 Å². The van der Waals surface area contributed by atoms with Gasteiger partial charge in [-0.1, -0.05) is 74.5 Å². The largest absolute Gasteiger partial charge is 0.481 e. The van der Waals surface area contributed by atoms with Gasteiger partial charge in [-0.3, -0.25) is 14.5 Å². The third-order valence-electron chi connectivity index (χ3n) is 8.48. The van der Waals surface area contributed by atoms with Gasteiger partial charge in [0.25, 0.3) is 5.91 Å². The molecule has 0 saturated carbocycles. The Labute approximate surface area is 285 Å². The highest BCUT2D eigenvalue weighted by Gasteiger charge is 2.34. The number of nitrogens with zero attached hydrogens (tertiary/aromatic N) is 2. The van der Waals surface area contributed by atoms with Gasteiger partial charge >= 0.3 is 5.97 Å². The summed E-state index contributed by atoms with van der Waals surface area (Å²) in [6, 6.07) is 32.0. The number of anilines is 2. The van der Waals surface area contributed by atoms with Crippen molar-refractivity contribution in [2.24, 2.45) is 0 Å². The Kier molecular flexibility index (Phi) is 11.4. The van der Waals surface area contributed by atoms with E-state index in [9.17, 15) is 24.5 Å². The highest BCUT2D eigenvalue weighted by molar-refractivity contribution is 6.17. The van der Waals surface area contributed by atoms with Crippen LogP contribution in [0.25, 0.3) is 22.4 Å². The minimum Gasteiger partial charge on any atom is -0.481 e. The zero-order valence-electron chi connectivity index (χ0n) is 27.5. The van der Waals surface area contributed by atoms with Gasteiger partial charge < -0.3 is 25.0 Å². The van der Waals surface area contributed by atoms with Crippen LogP contribution in [-0.4, -0.2) is 49.1 Å². The molecule has 2 unspecified atom stereocenters. The van der Waals surface area contributed by atoms with Crippen molar-refractivity contribution in [1.82, 2.24) is 4.57 Å². The molecule has 49 heavy (non-hydrogen) atoms. The van der Waals surface area contributed by atoms with Gasteiger partial charge in [0.15, 0.2) is 0 Å². The van der Waals surface area contributed by atoms with Gasteiger partial charge in [0, 0.05) is 29.2 Å². The predicted molar refractivity (Wildman–Crippen MR) is 188 cm³/mol. The van der Waals surface area contributed by atoms with E-state index in [1.165, 1.54) is 12.1 Å². The van der Waals surface area contributed by atoms with E-state index in [0.29, 0.717) is 45.0 Å². The number of halogens is 1. The number of aromatic nitrogens is 1. The summed E-state index contributed by atoms with van der Waals surface area (Å²) < 4.78 is 16.3. The second-order valence-corrected chi connectivity index (χ2v) is 12.4. The van der Waals surface area contributed by atoms with E-state index in [-0.39, 0.29) is 37.8 Å². The molecular weight excluding hydrogens is 623 g/mol. The number of amides is 1. The lowest BCUT2D eigenvalue weighted by atomic mass is 9.93. The third kappa shape index (κ3) is 8.14. The number of para-hydroxylation sites is 1. The zero-order chi connectivity index (χ0) is 35.1. The molecule has 1 amide bonds. The summed E-state index contributed by atoms with van der Waals surface area (Å²) in [4.78, 5) is 28.1. The standard InChI is InChI=1S/C40H41FN2O6/c1-26(2)38-37(40(49)43(31-11-7-4-8-12-31)32-19-13-27(25-44)14-20-32)36(28-9-5-3-6-10-28)39(29-15-17-30(41)18-16-29)42(38)22-21-33(45)23-34(46)24-35(47)48/h3-20,26,33-34,44-46H,21-25H2,1-2H3,(H,47,48). The fourth-order valence-electron chi connectivity index (χ4n) is 6.30. The van der Waals surface area contributed by atoms with Crippen LogP contribution >= 0.6 is 0 Å². The average Bonchev–Trinajstić information content (AvgIpc) is 3.44. The van der Waals surface area contributed by atoms with Gasteiger partial charge in [-0.15, -0.1) is 0 Å². The molecule has 4 N–H and O–H groups in total. The van der Waals surface area contributed by atoms with Crippen molar-refractivity contribution in [3.63, 3.8) is 0 Å². The van der Waals surface area contributed by atoms with E-state index in [1.54, 1.807) is 41.3 Å². The van der Waals surface area contributed by atoms with Crippen LogP contribution in [0.2, 0.25) is 0 Å². The summed E-state index contributed by atoms with van der Waals surface area (Å²) >= 11 is 0. The van der Waals surface area contributed by atoms with Gasteiger partial charge in [-0.05, 0) is 84.0 Å². The molecule has 254 valence electrons. The van der Waals surface area contributed by atoms with E-state index >= 15 is 4.79 Å². The molecule has 4 aromatic carbocycles. The highest BCUT2D eigenvalue weighted by Crippen LogP contribution is 2.44. The van der Waals surface area contributed by atoms with Crippen LogP contribution in [0.5, 0.6) is 0 Å². The molecule has 0 radical (unpaired) electrons. The van der Waals surface area contributed by atoms with Crippen LogP contribution in [0.1, 0.15) is 60.6 Å². The van der Waals surface area contributed by atoms with Crippen molar-refractivity contribution in [1.29, 1.82) is 0 Å². The van der Waals surface area contributed by atoms with Crippen LogP contribution < -0.4 is 4.90 Å². The fraction of sp³-hybridized carbons (Fsp3) is 0.250. The van der Waals surface area contributed by atoms with E-state index in [2.05, 4.69) is 0 Å². The number of aliphatic hydroxyl groups excluding tert-OH is 3. The summed E-state index contributed by atoms with van der Waals surface area (Å²) in [5, 5.41) is 40.0. The van der Waals surface area contributed by atoms with Gasteiger partial charge in [0.2, 0.25) is 0 Å². The Bertz CT molecular complexity index is 1860. The third-order valence-corrected chi connectivity index (χ3v) is 8.48. The van der Waals surface area contributed by atoms with Crippen LogP contribution in [0.15, 0.2) is 109 Å². The number of rotatable bonds is 14. The van der Waals surface area contributed by atoms with E-state index in [1.807, 2.05) is 79.1 Å². The maximum absolute atomic E-state index is 15.3. The lowest BCUT2D eigenvalue weighted by molar-refractivity contribution is -0.139. The zero-order valence-corrected chi connectivity index (χ0v) is 27.5. The van der Waals surface area contributed by atoms with Gasteiger partial charge in [-0.25, -0.2) is 4.39 Å². The van der Waals surface area contributed by atoms with Crippen molar-refractivity contribution in [2.75, 3.05) is 4.90 Å². The topological polar surface area (TPSA) is 123 Å². The van der Waals surface area contributed by atoms with E-state index < -0.39 is 30.4 Å². The molecule has 1 heterocycles. The minimum atomic E-state index is -1.22. The molecule has 9 heteroatoms. The van der Waals surface area contributed by atoms with E-state index in [4.69, 9.17) is 5.11 Å². The molecule has 2 atom stereocenters. The number of hydrogen-bond acceptors (Lipinski definition) is 5. The van der Waals surface area contributed by atoms with Gasteiger partial charge in [0.1, 0.15) is 5.82 Å². The Morgan fingerprint density at radius 1 is 0.776 bits per heavy atom. The maximum Gasteiger partial charge on any atom is 0.305 e. The molecule has 0 aliphatic rings. The van der Waals surface area contributed by atoms with Crippen molar-refractivity contribution >= 4 is 23.3 Å². The second-order valence-electron chi connectivity index (χ2n) is 12.4. The molecule has 5 aromatic rings. The molecule has 0 bridgehead atoms. The van der Waals surface area contributed by atoms with Crippen molar-refractivity contribution < 1.29 is 34.4 Å². The lowest BCUT2D eigenvalue weighted by Crippen LogP contribution is -2.28. The first-order chi connectivity index (χ1) is 23.6. The Morgan fingerprint density at radius 3 is 1.94 bits per heavy atom. The Hall–Kier alpha value is -5.09. The molecule has 1 aromatic heterocycles. The van der Waals surface area contributed by atoms with Crippen molar-refractivity contribution in [3.05, 3.63) is 132 Å². The SMILES string of the molecule is CC(C)c1c(C(=O)N(c2ccccc2)c2ccc(CO)cc2)c(-c2ccccc2)c(-c2ccc(F)cc2)n1CCC(O)CC(O)CC(=O)O. The average molecular weight is 665 g/mol. The smallest absolute Gasteiger partial charge is 0.305 e. The molecule has 0 spiro atoms. The predicted octanol–water partition coefficient (Wildman–Crippen LogP) is 7.53. The molecule has 0 aliphatic heterocycles.